The number of rotatable bonds is 5. The zero-order valence-electron chi connectivity index (χ0n) is 14.7. The molecule has 6 nitrogen and oxygen atoms in total. The summed E-state index contributed by atoms with van der Waals surface area (Å²) in [7, 11) is 0. The number of anilines is 1. The Balaban J connectivity index is 1.66. The largest absolute Gasteiger partial charge is 0.325 e. The van der Waals surface area contributed by atoms with Gasteiger partial charge in [0.15, 0.2) is 5.17 Å². The van der Waals surface area contributed by atoms with E-state index in [0.29, 0.717) is 5.17 Å². The molecule has 0 aliphatic carbocycles. The van der Waals surface area contributed by atoms with Crippen molar-refractivity contribution in [1.82, 2.24) is 5.32 Å². The summed E-state index contributed by atoms with van der Waals surface area (Å²) in [6.45, 7) is 3.86. The van der Waals surface area contributed by atoms with E-state index in [2.05, 4.69) is 20.8 Å². The van der Waals surface area contributed by atoms with Crippen LogP contribution in [0.25, 0.3) is 10.8 Å². The van der Waals surface area contributed by atoms with Gasteiger partial charge in [-0.3, -0.25) is 9.59 Å². The van der Waals surface area contributed by atoms with Crippen molar-refractivity contribution in [3.05, 3.63) is 42.5 Å². The number of amides is 2. The molecule has 2 N–H and O–H groups in total. The van der Waals surface area contributed by atoms with Crippen molar-refractivity contribution in [1.29, 1.82) is 0 Å². The smallest absolute Gasteiger partial charge is 0.240 e. The van der Waals surface area contributed by atoms with Crippen LogP contribution in [0.15, 0.2) is 52.7 Å². The standard InChI is InChI=1S/C19H20N4O2S/c1-3-12(2)22-23-19-21-18(25)16(26-19)11-17(24)20-15-10-6-8-13-7-4-5-9-14(13)15/h4-10,16H,3,11H2,1-2H3,(H,20,24)(H,21,23,25)/t16-/m1/s1. The number of hydrogen-bond donors (Lipinski definition) is 2. The van der Waals surface area contributed by atoms with Crippen LogP contribution in [0.5, 0.6) is 0 Å². The molecule has 1 aliphatic heterocycles. The second-order valence-electron chi connectivity index (χ2n) is 5.97. The van der Waals surface area contributed by atoms with Gasteiger partial charge in [-0.25, -0.2) is 0 Å². The lowest BCUT2D eigenvalue weighted by Crippen LogP contribution is -2.28. The van der Waals surface area contributed by atoms with E-state index in [9.17, 15) is 9.59 Å². The van der Waals surface area contributed by atoms with Crippen LogP contribution in [0.2, 0.25) is 0 Å². The van der Waals surface area contributed by atoms with Gasteiger partial charge in [-0.2, -0.15) is 5.10 Å². The predicted molar refractivity (Wildman–Crippen MR) is 108 cm³/mol. The normalized spacial score (nSPS) is 19.0. The van der Waals surface area contributed by atoms with Crippen LogP contribution in [-0.2, 0) is 9.59 Å². The lowest BCUT2D eigenvalue weighted by molar-refractivity contribution is -0.122. The minimum Gasteiger partial charge on any atom is -0.325 e. The van der Waals surface area contributed by atoms with Crippen LogP contribution in [0.4, 0.5) is 5.69 Å². The van der Waals surface area contributed by atoms with E-state index in [1.54, 1.807) is 0 Å². The molecule has 0 saturated carbocycles. The lowest BCUT2D eigenvalue weighted by atomic mass is 10.1. The van der Waals surface area contributed by atoms with Crippen LogP contribution < -0.4 is 10.6 Å². The number of fused-ring (bicyclic) bond motifs is 1. The van der Waals surface area contributed by atoms with Gasteiger partial charge in [0, 0.05) is 23.2 Å². The van der Waals surface area contributed by atoms with E-state index < -0.39 is 5.25 Å². The van der Waals surface area contributed by atoms with Crippen molar-refractivity contribution in [2.45, 2.75) is 31.9 Å². The number of nitrogens with zero attached hydrogens (tertiary/aromatic N) is 2. The first-order valence-electron chi connectivity index (χ1n) is 8.43. The molecule has 1 saturated heterocycles. The molecule has 0 aromatic heterocycles. The zero-order valence-corrected chi connectivity index (χ0v) is 15.5. The fourth-order valence-electron chi connectivity index (χ4n) is 2.49. The summed E-state index contributed by atoms with van der Waals surface area (Å²) in [4.78, 5) is 24.5. The fraction of sp³-hybridized carbons (Fsp3) is 0.263. The van der Waals surface area contributed by atoms with Crippen LogP contribution in [-0.4, -0.2) is 27.9 Å². The number of carbonyl (C=O) groups excluding carboxylic acids is 2. The molecule has 1 atom stereocenters. The Kier molecular flexibility index (Phi) is 5.68. The quantitative estimate of drug-likeness (QED) is 0.625. The van der Waals surface area contributed by atoms with Crippen molar-refractivity contribution < 1.29 is 9.59 Å². The SMILES string of the molecule is CCC(C)=NN=C1NC(=O)[C@@H](CC(=O)Nc2cccc3ccccc23)S1. The number of benzene rings is 2. The highest BCUT2D eigenvalue weighted by atomic mass is 32.2. The average molecular weight is 368 g/mol. The summed E-state index contributed by atoms with van der Waals surface area (Å²) >= 11 is 1.24. The van der Waals surface area contributed by atoms with E-state index in [-0.39, 0.29) is 18.2 Å². The molecule has 0 bridgehead atoms. The molecule has 1 fully saturated rings. The first kappa shape index (κ1) is 18.1. The maximum atomic E-state index is 12.4. The topological polar surface area (TPSA) is 82.9 Å². The molecule has 26 heavy (non-hydrogen) atoms. The Hall–Kier alpha value is -2.67. The zero-order chi connectivity index (χ0) is 18.5. The Morgan fingerprint density at radius 3 is 2.81 bits per heavy atom. The van der Waals surface area contributed by atoms with E-state index in [0.717, 1.165) is 28.6 Å². The van der Waals surface area contributed by atoms with Crippen molar-refractivity contribution in [2.75, 3.05) is 5.32 Å². The molecule has 1 heterocycles. The van der Waals surface area contributed by atoms with Gasteiger partial charge in [0.05, 0.1) is 0 Å². The Labute approximate surface area is 156 Å². The van der Waals surface area contributed by atoms with Crippen molar-refractivity contribution in [2.24, 2.45) is 10.2 Å². The third-order valence-electron chi connectivity index (χ3n) is 4.03. The van der Waals surface area contributed by atoms with Crippen molar-refractivity contribution in [3.63, 3.8) is 0 Å². The maximum absolute atomic E-state index is 12.4. The van der Waals surface area contributed by atoms with Gasteiger partial charge in [-0.15, -0.1) is 5.10 Å². The van der Waals surface area contributed by atoms with Crippen LogP contribution in [0, 0.1) is 0 Å². The molecule has 3 rings (SSSR count). The highest BCUT2D eigenvalue weighted by molar-refractivity contribution is 8.15. The average Bonchev–Trinajstić information content (AvgIpc) is 2.99. The second-order valence-corrected chi connectivity index (χ2v) is 7.16. The van der Waals surface area contributed by atoms with E-state index in [4.69, 9.17) is 0 Å². The third-order valence-corrected chi connectivity index (χ3v) is 5.11. The van der Waals surface area contributed by atoms with Gasteiger partial charge in [0.1, 0.15) is 5.25 Å². The van der Waals surface area contributed by atoms with Gasteiger partial charge >= 0.3 is 0 Å². The number of thioether (sulfide) groups is 1. The summed E-state index contributed by atoms with van der Waals surface area (Å²) in [5.41, 5.74) is 1.62. The number of carbonyl (C=O) groups is 2. The van der Waals surface area contributed by atoms with Gasteiger partial charge in [-0.1, -0.05) is 55.1 Å². The van der Waals surface area contributed by atoms with Crippen LogP contribution in [0.1, 0.15) is 26.7 Å². The molecule has 7 heteroatoms. The van der Waals surface area contributed by atoms with Crippen molar-refractivity contribution >= 4 is 50.9 Å². The molecule has 134 valence electrons. The first-order chi connectivity index (χ1) is 12.6. The van der Waals surface area contributed by atoms with Crippen LogP contribution in [0.3, 0.4) is 0 Å². The number of nitrogens with one attached hydrogen (secondary N) is 2. The van der Waals surface area contributed by atoms with Gasteiger partial charge in [0.25, 0.3) is 0 Å². The second kappa shape index (κ2) is 8.14. The highest BCUT2D eigenvalue weighted by Gasteiger charge is 2.32. The summed E-state index contributed by atoms with van der Waals surface area (Å²) in [5.74, 6) is -0.422. The molecular weight excluding hydrogens is 348 g/mol. The van der Waals surface area contributed by atoms with Gasteiger partial charge in [-0.05, 0) is 24.8 Å². The molecule has 2 aromatic carbocycles. The summed E-state index contributed by atoms with van der Waals surface area (Å²) < 4.78 is 0. The Morgan fingerprint density at radius 2 is 2.00 bits per heavy atom. The Bertz CT molecular complexity index is 902. The molecule has 2 amide bonds. The van der Waals surface area contributed by atoms with Crippen LogP contribution >= 0.6 is 11.8 Å². The Morgan fingerprint density at radius 1 is 1.23 bits per heavy atom. The van der Waals surface area contributed by atoms with Gasteiger partial charge < -0.3 is 10.6 Å². The minimum absolute atomic E-state index is 0.0786. The van der Waals surface area contributed by atoms with Crippen molar-refractivity contribution in [3.8, 4) is 0 Å². The molecule has 2 aromatic rings. The van der Waals surface area contributed by atoms with E-state index >= 15 is 0 Å². The summed E-state index contributed by atoms with van der Waals surface area (Å²) in [6.07, 6.45) is 0.876. The highest BCUT2D eigenvalue weighted by Crippen LogP contribution is 2.26. The molecule has 0 unspecified atom stereocenters. The van der Waals surface area contributed by atoms with E-state index in [1.165, 1.54) is 11.8 Å². The summed E-state index contributed by atoms with van der Waals surface area (Å²) in [5, 5.41) is 15.6. The monoisotopic (exact) mass is 368 g/mol. The van der Waals surface area contributed by atoms with Gasteiger partial charge in [0.2, 0.25) is 11.8 Å². The number of hydrogen-bond acceptors (Lipinski definition) is 5. The predicted octanol–water partition coefficient (Wildman–Crippen LogP) is 3.54. The lowest BCUT2D eigenvalue weighted by Gasteiger charge is -2.10. The minimum atomic E-state index is -0.499. The summed E-state index contributed by atoms with van der Waals surface area (Å²) in [6, 6.07) is 13.6. The molecule has 0 spiro atoms. The van der Waals surface area contributed by atoms with E-state index in [1.807, 2.05) is 56.3 Å². The molecular formula is C19H20N4O2S. The third kappa shape index (κ3) is 4.29. The first-order valence-corrected chi connectivity index (χ1v) is 9.31. The maximum Gasteiger partial charge on any atom is 0.240 e. The molecule has 1 aliphatic rings. The molecule has 0 radical (unpaired) electrons. The fourth-order valence-corrected chi connectivity index (χ4v) is 3.41. The number of amidine groups is 1.